The number of nitrogens with one attached hydrogen (secondary N) is 1. The number of thioether (sulfide) groups is 1. The minimum absolute atomic E-state index is 0.229. The summed E-state index contributed by atoms with van der Waals surface area (Å²) in [5.41, 5.74) is 1.15. The van der Waals surface area contributed by atoms with Gasteiger partial charge in [-0.2, -0.15) is 0 Å². The van der Waals surface area contributed by atoms with Crippen LogP contribution in [0.15, 0.2) is 41.3 Å². The summed E-state index contributed by atoms with van der Waals surface area (Å²) in [7, 11) is 1.49. The van der Waals surface area contributed by atoms with Crippen molar-refractivity contribution in [3.8, 4) is 17.2 Å². The van der Waals surface area contributed by atoms with Gasteiger partial charge in [0, 0.05) is 0 Å². The van der Waals surface area contributed by atoms with E-state index in [0.717, 1.165) is 20.2 Å². The molecule has 0 unspecified atom stereocenters. The zero-order valence-electron chi connectivity index (χ0n) is 18.3. The molecule has 0 aromatic heterocycles. The minimum atomic E-state index is -0.526. The highest BCUT2D eigenvalue weighted by molar-refractivity contribution is 14.1. The maximum Gasteiger partial charge on any atom is 0.294 e. The first-order valence-corrected chi connectivity index (χ1v) is 12.0. The van der Waals surface area contributed by atoms with Crippen molar-refractivity contribution >= 4 is 63.2 Å². The van der Waals surface area contributed by atoms with Gasteiger partial charge in [0.2, 0.25) is 5.91 Å². The molecule has 0 aliphatic carbocycles. The Bertz CT molecular complexity index is 1100. The number of hydrogen-bond acceptors (Lipinski definition) is 7. The molecule has 1 aliphatic rings. The second-order valence-corrected chi connectivity index (χ2v) is 8.87. The van der Waals surface area contributed by atoms with E-state index in [1.54, 1.807) is 36.4 Å². The SMILES string of the molecule is CCOc1cc(/C=C2/SC(=O)N(CC(=O)Nc3ccccc3OC)C2=O)cc(I)c1OCC. The molecule has 10 heteroatoms. The summed E-state index contributed by atoms with van der Waals surface area (Å²) in [6.07, 6.45) is 1.61. The normalized spacial score (nSPS) is 14.5. The number of nitrogens with zero attached hydrogens (tertiary/aromatic N) is 1. The van der Waals surface area contributed by atoms with Gasteiger partial charge in [-0.15, -0.1) is 0 Å². The smallest absolute Gasteiger partial charge is 0.294 e. The van der Waals surface area contributed by atoms with Crippen molar-refractivity contribution in [3.05, 3.63) is 50.4 Å². The summed E-state index contributed by atoms with van der Waals surface area (Å²) in [5, 5.41) is 2.16. The van der Waals surface area contributed by atoms with Gasteiger partial charge in [-0.1, -0.05) is 12.1 Å². The van der Waals surface area contributed by atoms with Crippen molar-refractivity contribution in [3.63, 3.8) is 0 Å². The van der Waals surface area contributed by atoms with E-state index in [2.05, 4.69) is 27.9 Å². The predicted octanol–water partition coefficient (Wildman–Crippen LogP) is 4.77. The van der Waals surface area contributed by atoms with Crippen LogP contribution in [0, 0.1) is 3.57 Å². The lowest BCUT2D eigenvalue weighted by atomic mass is 10.2. The summed E-state index contributed by atoms with van der Waals surface area (Å²) >= 11 is 2.93. The van der Waals surface area contributed by atoms with Crippen LogP contribution in [0.4, 0.5) is 10.5 Å². The van der Waals surface area contributed by atoms with E-state index in [0.29, 0.717) is 41.7 Å². The van der Waals surface area contributed by atoms with Crippen molar-refractivity contribution in [2.75, 3.05) is 32.2 Å². The summed E-state index contributed by atoms with van der Waals surface area (Å²) in [6, 6.07) is 10.5. The van der Waals surface area contributed by atoms with Gasteiger partial charge in [-0.05, 0) is 84.1 Å². The molecule has 174 valence electrons. The largest absolute Gasteiger partial charge is 0.495 e. The van der Waals surface area contributed by atoms with Crippen LogP contribution < -0.4 is 19.5 Å². The molecular weight excluding hydrogens is 559 g/mol. The molecule has 0 spiro atoms. The highest BCUT2D eigenvalue weighted by Gasteiger charge is 2.36. The molecule has 0 saturated carbocycles. The van der Waals surface area contributed by atoms with Crippen LogP contribution in [0.1, 0.15) is 19.4 Å². The molecule has 0 bridgehead atoms. The second-order valence-electron chi connectivity index (χ2n) is 6.71. The average molecular weight is 582 g/mol. The molecule has 1 N–H and O–H groups in total. The molecule has 3 rings (SSSR count). The number of amides is 3. The van der Waals surface area contributed by atoms with Crippen LogP contribution >= 0.6 is 34.4 Å². The van der Waals surface area contributed by atoms with Gasteiger partial charge in [0.15, 0.2) is 11.5 Å². The molecule has 33 heavy (non-hydrogen) atoms. The van der Waals surface area contributed by atoms with Gasteiger partial charge < -0.3 is 19.5 Å². The summed E-state index contributed by atoms with van der Waals surface area (Å²) < 4.78 is 17.4. The third kappa shape index (κ3) is 5.99. The van der Waals surface area contributed by atoms with Gasteiger partial charge in [-0.3, -0.25) is 19.3 Å². The van der Waals surface area contributed by atoms with E-state index >= 15 is 0 Å². The standard InChI is InChI=1S/C23H23IN2O6S/c1-4-31-18-11-14(10-15(24)21(18)32-5-2)12-19-22(28)26(23(29)33-19)13-20(27)25-16-8-6-7-9-17(16)30-3/h6-12H,4-5,13H2,1-3H3,(H,25,27)/b19-12+. The number of halogens is 1. The number of carbonyl (C=O) groups excluding carboxylic acids is 3. The molecule has 0 radical (unpaired) electrons. The highest BCUT2D eigenvalue weighted by Crippen LogP contribution is 2.37. The average Bonchev–Trinajstić information content (AvgIpc) is 3.04. The van der Waals surface area contributed by atoms with Crippen LogP contribution in [0.2, 0.25) is 0 Å². The van der Waals surface area contributed by atoms with Gasteiger partial charge in [0.1, 0.15) is 12.3 Å². The van der Waals surface area contributed by atoms with Crippen molar-refractivity contribution in [2.24, 2.45) is 0 Å². The van der Waals surface area contributed by atoms with Crippen LogP contribution in [0.25, 0.3) is 6.08 Å². The molecule has 1 fully saturated rings. The van der Waals surface area contributed by atoms with Crippen LogP contribution in [-0.4, -0.2) is 48.8 Å². The number of imide groups is 1. The van der Waals surface area contributed by atoms with E-state index in [-0.39, 0.29) is 4.91 Å². The fourth-order valence-corrected chi connectivity index (χ4v) is 4.71. The molecule has 3 amide bonds. The number of para-hydroxylation sites is 2. The highest BCUT2D eigenvalue weighted by atomic mass is 127. The van der Waals surface area contributed by atoms with Gasteiger partial charge in [0.05, 0.1) is 34.5 Å². The number of ether oxygens (including phenoxy) is 3. The van der Waals surface area contributed by atoms with Crippen molar-refractivity contribution in [1.29, 1.82) is 0 Å². The molecule has 1 saturated heterocycles. The van der Waals surface area contributed by atoms with E-state index in [4.69, 9.17) is 14.2 Å². The first-order chi connectivity index (χ1) is 15.9. The zero-order valence-corrected chi connectivity index (χ0v) is 21.3. The number of methoxy groups -OCH3 is 1. The Morgan fingerprint density at radius 2 is 1.85 bits per heavy atom. The van der Waals surface area contributed by atoms with Crippen molar-refractivity contribution in [2.45, 2.75) is 13.8 Å². The molecule has 2 aromatic carbocycles. The quantitative estimate of drug-likeness (QED) is 0.336. The maximum atomic E-state index is 12.8. The van der Waals surface area contributed by atoms with Gasteiger partial charge >= 0.3 is 0 Å². The fraction of sp³-hybridized carbons (Fsp3) is 0.261. The number of benzene rings is 2. The Hall–Kier alpha value is -2.73. The molecule has 0 atom stereocenters. The lowest BCUT2D eigenvalue weighted by Gasteiger charge is -2.14. The van der Waals surface area contributed by atoms with E-state index in [9.17, 15) is 14.4 Å². The maximum absolute atomic E-state index is 12.8. The Kier molecular flexibility index (Phi) is 8.61. The number of carbonyl (C=O) groups is 3. The predicted molar refractivity (Wildman–Crippen MR) is 136 cm³/mol. The Balaban J connectivity index is 1.77. The minimum Gasteiger partial charge on any atom is -0.495 e. The van der Waals surface area contributed by atoms with Crippen LogP contribution in [0.5, 0.6) is 17.2 Å². The molecule has 1 heterocycles. The first kappa shape index (κ1) is 24.9. The van der Waals surface area contributed by atoms with Crippen LogP contribution in [0.3, 0.4) is 0 Å². The zero-order chi connectivity index (χ0) is 24.0. The Morgan fingerprint density at radius 1 is 1.12 bits per heavy atom. The van der Waals surface area contributed by atoms with Crippen molar-refractivity contribution < 1.29 is 28.6 Å². The lowest BCUT2D eigenvalue weighted by molar-refractivity contribution is -0.127. The van der Waals surface area contributed by atoms with Crippen molar-refractivity contribution in [1.82, 2.24) is 4.90 Å². The van der Waals surface area contributed by atoms with E-state index in [1.165, 1.54) is 7.11 Å². The van der Waals surface area contributed by atoms with Gasteiger partial charge in [-0.25, -0.2) is 0 Å². The summed E-state index contributed by atoms with van der Waals surface area (Å²) in [5.74, 6) is 0.653. The number of anilines is 1. The molecule has 1 aliphatic heterocycles. The third-order valence-electron chi connectivity index (χ3n) is 4.47. The fourth-order valence-electron chi connectivity index (χ4n) is 3.09. The van der Waals surface area contributed by atoms with E-state index in [1.807, 2.05) is 19.9 Å². The third-order valence-corrected chi connectivity index (χ3v) is 6.18. The molecular formula is C23H23IN2O6S. The molecule has 8 nitrogen and oxygen atoms in total. The monoisotopic (exact) mass is 582 g/mol. The molecule has 2 aromatic rings. The number of hydrogen-bond donors (Lipinski definition) is 1. The summed E-state index contributed by atoms with van der Waals surface area (Å²) in [4.78, 5) is 38.9. The topological polar surface area (TPSA) is 94.2 Å². The lowest BCUT2D eigenvalue weighted by Crippen LogP contribution is -2.36. The Labute approximate surface area is 209 Å². The number of rotatable bonds is 9. The van der Waals surface area contributed by atoms with Gasteiger partial charge in [0.25, 0.3) is 11.1 Å². The van der Waals surface area contributed by atoms with E-state index < -0.39 is 23.6 Å². The first-order valence-electron chi connectivity index (χ1n) is 10.1. The Morgan fingerprint density at radius 3 is 2.55 bits per heavy atom. The van der Waals surface area contributed by atoms with Crippen LogP contribution in [-0.2, 0) is 9.59 Å². The summed E-state index contributed by atoms with van der Waals surface area (Å²) in [6.45, 7) is 4.31. The second kappa shape index (κ2) is 11.4.